The van der Waals surface area contributed by atoms with Gasteiger partial charge in [-0.2, -0.15) is 15.0 Å². The minimum absolute atomic E-state index is 0.259. The summed E-state index contributed by atoms with van der Waals surface area (Å²) in [5.74, 6) is 1.53. The van der Waals surface area contributed by atoms with E-state index in [0.29, 0.717) is 16.1 Å². The van der Waals surface area contributed by atoms with Crippen molar-refractivity contribution in [2.75, 3.05) is 23.7 Å². The fraction of sp³-hybridized carbons (Fsp3) is 0.417. The lowest BCUT2D eigenvalue weighted by Gasteiger charge is -2.26. The van der Waals surface area contributed by atoms with Gasteiger partial charge in [-0.15, -0.1) is 11.3 Å². The van der Waals surface area contributed by atoms with Gasteiger partial charge in [-0.3, -0.25) is 0 Å². The number of hydrogen-bond donors (Lipinski definition) is 1. The Morgan fingerprint density at radius 1 is 1.11 bits per heavy atom. The Morgan fingerprint density at radius 3 is 2.58 bits per heavy atom. The van der Waals surface area contributed by atoms with Crippen LogP contribution in [-0.2, 0) is 0 Å². The molecule has 100 valence electrons. The molecule has 2 N–H and O–H groups in total. The zero-order chi connectivity index (χ0) is 13.2. The Morgan fingerprint density at radius 2 is 1.89 bits per heavy atom. The van der Waals surface area contributed by atoms with E-state index in [4.69, 9.17) is 17.3 Å². The molecule has 2 aromatic rings. The van der Waals surface area contributed by atoms with Gasteiger partial charge in [-0.25, -0.2) is 0 Å². The van der Waals surface area contributed by atoms with E-state index in [-0.39, 0.29) is 5.95 Å². The van der Waals surface area contributed by atoms with Crippen LogP contribution >= 0.6 is 22.9 Å². The number of nitrogens with two attached hydrogens (primary N) is 1. The van der Waals surface area contributed by atoms with Crippen molar-refractivity contribution in [2.24, 2.45) is 0 Å². The minimum atomic E-state index is 0.259. The molecule has 0 atom stereocenters. The van der Waals surface area contributed by atoms with E-state index in [1.165, 1.54) is 30.6 Å². The summed E-state index contributed by atoms with van der Waals surface area (Å²) in [5, 5.41) is 0. The summed E-state index contributed by atoms with van der Waals surface area (Å²) in [5.41, 5.74) is 5.79. The highest BCUT2D eigenvalue weighted by Gasteiger charge is 2.16. The minimum Gasteiger partial charge on any atom is -0.368 e. The molecule has 3 heterocycles. The van der Waals surface area contributed by atoms with E-state index in [9.17, 15) is 0 Å². The van der Waals surface area contributed by atoms with E-state index >= 15 is 0 Å². The average molecular weight is 296 g/mol. The topological polar surface area (TPSA) is 67.9 Å². The van der Waals surface area contributed by atoms with Crippen molar-refractivity contribution in [2.45, 2.75) is 19.3 Å². The molecular weight excluding hydrogens is 282 g/mol. The summed E-state index contributed by atoms with van der Waals surface area (Å²) in [6.07, 6.45) is 3.61. The summed E-state index contributed by atoms with van der Waals surface area (Å²) in [4.78, 5) is 16.0. The smallest absolute Gasteiger partial charge is 0.230 e. The van der Waals surface area contributed by atoms with E-state index in [1.54, 1.807) is 0 Å². The first kappa shape index (κ1) is 12.6. The number of hydrogen-bond acceptors (Lipinski definition) is 6. The van der Waals surface area contributed by atoms with E-state index < -0.39 is 0 Å². The summed E-state index contributed by atoms with van der Waals surface area (Å²) < 4.78 is 0.716. The lowest BCUT2D eigenvalue weighted by molar-refractivity contribution is 0.568. The number of halogens is 1. The van der Waals surface area contributed by atoms with Gasteiger partial charge in [0.1, 0.15) is 0 Å². The van der Waals surface area contributed by atoms with Crippen molar-refractivity contribution in [1.29, 1.82) is 0 Å². The van der Waals surface area contributed by atoms with Gasteiger partial charge >= 0.3 is 0 Å². The molecule has 0 amide bonds. The van der Waals surface area contributed by atoms with Crippen LogP contribution in [0, 0.1) is 0 Å². The molecule has 0 aliphatic carbocycles. The first-order valence-corrected chi connectivity index (χ1v) is 7.44. The lowest BCUT2D eigenvalue weighted by Crippen LogP contribution is -2.31. The maximum atomic E-state index is 5.94. The number of aromatic nitrogens is 3. The molecule has 1 fully saturated rings. The Bertz CT molecular complexity index is 579. The van der Waals surface area contributed by atoms with Crippen LogP contribution in [-0.4, -0.2) is 28.0 Å². The number of rotatable bonds is 2. The SMILES string of the molecule is Nc1nc(-c2ccc(Cl)s2)nc(N2CCCCC2)n1. The van der Waals surface area contributed by atoms with Crippen LogP contribution in [0.3, 0.4) is 0 Å². The van der Waals surface area contributed by atoms with Crippen LogP contribution in [0.5, 0.6) is 0 Å². The second kappa shape index (κ2) is 5.30. The molecule has 1 aliphatic rings. The number of thiophene rings is 1. The largest absolute Gasteiger partial charge is 0.368 e. The second-order valence-electron chi connectivity index (χ2n) is 4.47. The van der Waals surface area contributed by atoms with Gasteiger partial charge in [0.05, 0.1) is 9.21 Å². The van der Waals surface area contributed by atoms with Crippen molar-refractivity contribution < 1.29 is 0 Å². The van der Waals surface area contributed by atoms with Gasteiger partial charge in [0.15, 0.2) is 5.82 Å². The first-order valence-electron chi connectivity index (χ1n) is 6.24. The van der Waals surface area contributed by atoms with Crippen LogP contribution in [0.1, 0.15) is 19.3 Å². The Labute approximate surface area is 120 Å². The highest BCUT2D eigenvalue weighted by atomic mass is 35.5. The summed E-state index contributed by atoms with van der Waals surface area (Å²) in [7, 11) is 0. The van der Waals surface area contributed by atoms with Gasteiger partial charge in [0.25, 0.3) is 0 Å². The highest BCUT2D eigenvalue weighted by molar-refractivity contribution is 7.19. The van der Waals surface area contributed by atoms with E-state index in [0.717, 1.165) is 18.0 Å². The van der Waals surface area contributed by atoms with Crippen molar-refractivity contribution in [3.8, 4) is 10.7 Å². The molecular formula is C12H14ClN5S. The van der Waals surface area contributed by atoms with E-state index in [2.05, 4.69) is 19.9 Å². The molecule has 0 spiro atoms. The zero-order valence-electron chi connectivity index (χ0n) is 10.3. The fourth-order valence-electron chi connectivity index (χ4n) is 2.16. The molecule has 0 bridgehead atoms. The number of nitrogen functional groups attached to an aromatic ring is 1. The van der Waals surface area contributed by atoms with Crippen LogP contribution in [0.4, 0.5) is 11.9 Å². The van der Waals surface area contributed by atoms with Gasteiger partial charge < -0.3 is 10.6 Å². The first-order chi connectivity index (χ1) is 9.22. The van der Waals surface area contributed by atoms with Crippen LogP contribution in [0.2, 0.25) is 4.34 Å². The third kappa shape index (κ3) is 2.79. The standard InChI is InChI=1S/C12H14ClN5S/c13-9-5-4-8(19-9)10-15-11(14)17-12(16-10)18-6-2-1-3-7-18/h4-5H,1-3,6-7H2,(H2,14,15,16,17). The molecule has 7 heteroatoms. The van der Waals surface area contributed by atoms with Crippen LogP contribution in [0.15, 0.2) is 12.1 Å². The Balaban J connectivity index is 1.95. The molecule has 1 saturated heterocycles. The Kier molecular flexibility index (Phi) is 3.52. The summed E-state index contributed by atoms with van der Waals surface area (Å²) >= 11 is 7.39. The predicted molar refractivity (Wildman–Crippen MR) is 78.6 cm³/mol. The monoisotopic (exact) mass is 295 g/mol. The van der Waals surface area contributed by atoms with Gasteiger partial charge in [-0.1, -0.05) is 11.6 Å². The number of nitrogens with zero attached hydrogens (tertiary/aromatic N) is 4. The third-order valence-electron chi connectivity index (χ3n) is 3.07. The molecule has 1 aliphatic heterocycles. The molecule has 3 rings (SSSR count). The highest BCUT2D eigenvalue weighted by Crippen LogP contribution is 2.30. The fourth-order valence-corrected chi connectivity index (χ4v) is 3.14. The average Bonchev–Trinajstić information content (AvgIpc) is 2.86. The van der Waals surface area contributed by atoms with Crippen LogP contribution < -0.4 is 10.6 Å². The van der Waals surface area contributed by atoms with Crippen molar-refractivity contribution in [3.63, 3.8) is 0 Å². The molecule has 19 heavy (non-hydrogen) atoms. The normalized spacial score (nSPS) is 15.7. The molecule has 0 saturated carbocycles. The van der Waals surface area contributed by atoms with E-state index in [1.807, 2.05) is 12.1 Å². The maximum Gasteiger partial charge on any atom is 0.230 e. The van der Waals surface area contributed by atoms with Gasteiger partial charge in [0, 0.05) is 13.1 Å². The summed E-state index contributed by atoms with van der Waals surface area (Å²) in [6, 6.07) is 3.74. The summed E-state index contributed by atoms with van der Waals surface area (Å²) in [6.45, 7) is 1.96. The van der Waals surface area contributed by atoms with Crippen LogP contribution in [0.25, 0.3) is 10.7 Å². The molecule has 0 aromatic carbocycles. The molecule has 5 nitrogen and oxygen atoms in total. The second-order valence-corrected chi connectivity index (χ2v) is 6.18. The van der Waals surface area contributed by atoms with Gasteiger partial charge in [-0.05, 0) is 31.4 Å². The maximum absolute atomic E-state index is 5.94. The van der Waals surface area contributed by atoms with Crippen molar-refractivity contribution in [1.82, 2.24) is 15.0 Å². The third-order valence-corrected chi connectivity index (χ3v) is 4.30. The van der Waals surface area contributed by atoms with Gasteiger partial charge in [0.2, 0.25) is 11.9 Å². The zero-order valence-corrected chi connectivity index (χ0v) is 11.9. The number of piperidine rings is 1. The quantitative estimate of drug-likeness (QED) is 0.922. The molecule has 0 unspecified atom stereocenters. The molecule has 2 aromatic heterocycles. The predicted octanol–water partition coefficient (Wildman–Crippen LogP) is 2.83. The Hall–Kier alpha value is -1.40. The van der Waals surface area contributed by atoms with Crippen molar-refractivity contribution in [3.05, 3.63) is 16.5 Å². The molecule has 0 radical (unpaired) electrons. The lowest BCUT2D eigenvalue weighted by atomic mass is 10.1. The number of anilines is 2. The van der Waals surface area contributed by atoms with Crippen molar-refractivity contribution >= 4 is 34.8 Å².